The second-order valence-corrected chi connectivity index (χ2v) is 6.06. The number of carbonyl (C=O) groups excluding carboxylic acids is 1. The van der Waals surface area contributed by atoms with Crippen molar-refractivity contribution in [2.24, 2.45) is 0 Å². The van der Waals surface area contributed by atoms with E-state index in [0.29, 0.717) is 18.1 Å². The molecule has 5 nitrogen and oxygen atoms in total. The Morgan fingerprint density at radius 3 is 2.80 bits per heavy atom. The number of carbonyl (C=O) groups is 1. The van der Waals surface area contributed by atoms with Crippen LogP contribution >= 0.6 is 15.9 Å². The van der Waals surface area contributed by atoms with Gasteiger partial charge in [0.05, 0.1) is 6.61 Å². The fraction of sp³-hybridized carbons (Fsp3) is 0.211. The van der Waals surface area contributed by atoms with Gasteiger partial charge in [0.15, 0.2) is 11.5 Å². The topological polar surface area (TPSA) is 54.0 Å². The maximum Gasteiger partial charge on any atom is 0.331 e. The zero-order chi connectivity index (χ0) is 17.6. The SMILES string of the molecule is CCOc1ccccc1/C=C/C(=O)OCc1cc2c(cc1Br)OCO2. The molecule has 2 aromatic rings. The van der Waals surface area contributed by atoms with Crippen molar-refractivity contribution < 1.29 is 23.7 Å². The second kappa shape index (κ2) is 8.07. The Balaban J connectivity index is 1.62. The summed E-state index contributed by atoms with van der Waals surface area (Å²) in [5, 5.41) is 0. The van der Waals surface area contributed by atoms with Crippen LogP contribution in [-0.2, 0) is 16.1 Å². The van der Waals surface area contributed by atoms with E-state index in [2.05, 4.69) is 15.9 Å². The second-order valence-electron chi connectivity index (χ2n) is 5.21. The first-order chi connectivity index (χ1) is 12.2. The van der Waals surface area contributed by atoms with Gasteiger partial charge in [-0.3, -0.25) is 0 Å². The van der Waals surface area contributed by atoms with Crippen LogP contribution in [-0.4, -0.2) is 19.4 Å². The van der Waals surface area contributed by atoms with E-state index in [-0.39, 0.29) is 13.4 Å². The summed E-state index contributed by atoms with van der Waals surface area (Å²) in [7, 11) is 0. The van der Waals surface area contributed by atoms with Gasteiger partial charge in [-0.2, -0.15) is 0 Å². The predicted molar refractivity (Wildman–Crippen MR) is 96.7 cm³/mol. The fourth-order valence-electron chi connectivity index (χ4n) is 2.33. The van der Waals surface area contributed by atoms with E-state index in [1.807, 2.05) is 31.2 Å². The molecule has 130 valence electrons. The molecule has 0 radical (unpaired) electrons. The number of hydrogen-bond acceptors (Lipinski definition) is 5. The molecule has 0 unspecified atom stereocenters. The number of ether oxygens (including phenoxy) is 4. The molecule has 0 spiro atoms. The van der Waals surface area contributed by atoms with Gasteiger partial charge in [-0.15, -0.1) is 0 Å². The molecule has 0 atom stereocenters. The monoisotopic (exact) mass is 404 g/mol. The van der Waals surface area contributed by atoms with Crippen LogP contribution in [0.3, 0.4) is 0 Å². The molecule has 0 saturated carbocycles. The van der Waals surface area contributed by atoms with Crippen LogP contribution in [0.4, 0.5) is 0 Å². The molecule has 0 bridgehead atoms. The molecule has 0 amide bonds. The summed E-state index contributed by atoms with van der Waals surface area (Å²) < 4.78 is 22.2. The van der Waals surface area contributed by atoms with Gasteiger partial charge < -0.3 is 18.9 Å². The Morgan fingerprint density at radius 1 is 1.24 bits per heavy atom. The van der Waals surface area contributed by atoms with Gasteiger partial charge >= 0.3 is 5.97 Å². The minimum absolute atomic E-state index is 0.132. The van der Waals surface area contributed by atoms with Crippen LogP contribution in [0.15, 0.2) is 46.9 Å². The van der Waals surface area contributed by atoms with E-state index in [0.717, 1.165) is 21.3 Å². The predicted octanol–water partition coefficient (Wildman–Crippen LogP) is 4.33. The van der Waals surface area contributed by atoms with E-state index in [1.165, 1.54) is 6.08 Å². The minimum Gasteiger partial charge on any atom is -0.493 e. The Morgan fingerprint density at radius 2 is 2.00 bits per heavy atom. The first-order valence-electron chi connectivity index (χ1n) is 7.82. The van der Waals surface area contributed by atoms with Crippen LogP contribution in [0.1, 0.15) is 18.1 Å². The van der Waals surface area contributed by atoms with Gasteiger partial charge in [0, 0.05) is 21.7 Å². The Hall–Kier alpha value is -2.47. The lowest BCUT2D eigenvalue weighted by atomic mass is 10.2. The van der Waals surface area contributed by atoms with Crippen molar-refractivity contribution >= 4 is 28.0 Å². The normalized spacial score (nSPS) is 12.4. The van der Waals surface area contributed by atoms with Crippen LogP contribution in [0, 0.1) is 0 Å². The van der Waals surface area contributed by atoms with Crippen molar-refractivity contribution in [2.75, 3.05) is 13.4 Å². The standard InChI is InChI=1S/C19H17BrO5/c1-2-22-16-6-4-3-5-13(16)7-8-19(21)23-11-14-9-17-18(10-15(14)20)25-12-24-17/h3-10H,2,11-12H2,1H3/b8-7+. The maximum absolute atomic E-state index is 12.0. The molecule has 25 heavy (non-hydrogen) atoms. The lowest BCUT2D eigenvalue weighted by Gasteiger charge is -2.07. The van der Waals surface area contributed by atoms with Crippen molar-refractivity contribution in [2.45, 2.75) is 13.5 Å². The van der Waals surface area contributed by atoms with Gasteiger partial charge in [-0.05, 0) is 31.2 Å². The van der Waals surface area contributed by atoms with Crippen LogP contribution in [0.5, 0.6) is 17.2 Å². The van der Waals surface area contributed by atoms with Crippen molar-refractivity contribution in [3.05, 3.63) is 58.1 Å². The Kier molecular flexibility index (Phi) is 5.60. The molecule has 0 aromatic heterocycles. The average Bonchev–Trinajstić information content (AvgIpc) is 3.06. The number of para-hydroxylation sites is 1. The highest BCUT2D eigenvalue weighted by Gasteiger charge is 2.16. The molecular weight excluding hydrogens is 388 g/mol. The first kappa shape index (κ1) is 17.4. The molecule has 0 N–H and O–H groups in total. The fourth-order valence-corrected chi connectivity index (χ4v) is 2.77. The number of rotatable bonds is 6. The molecule has 6 heteroatoms. The zero-order valence-electron chi connectivity index (χ0n) is 13.7. The van der Waals surface area contributed by atoms with E-state index in [9.17, 15) is 4.79 Å². The number of benzene rings is 2. The largest absolute Gasteiger partial charge is 0.493 e. The first-order valence-corrected chi connectivity index (χ1v) is 8.61. The summed E-state index contributed by atoms with van der Waals surface area (Å²) in [5.74, 6) is 1.62. The van der Waals surface area contributed by atoms with E-state index in [1.54, 1.807) is 18.2 Å². The van der Waals surface area contributed by atoms with Gasteiger partial charge in [0.2, 0.25) is 6.79 Å². The van der Waals surface area contributed by atoms with E-state index < -0.39 is 5.97 Å². The molecule has 1 heterocycles. The summed E-state index contributed by atoms with van der Waals surface area (Å²) >= 11 is 3.44. The molecular formula is C19H17BrO5. The van der Waals surface area contributed by atoms with Crippen molar-refractivity contribution in [1.29, 1.82) is 0 Å². The summed E-state index contributed by atoms with van der Waals surface area (Å²) in [4.78, 5) is 12.0. The highest BCUT2D eigenvalue weighted by atomic mass is 79.9. The lowest BCUT2D eigenvalue weighted by molar-refractivity contribution is -0.138. The van der Waals surface area contributed by atoms with Gasteiger partial charge in [-0.1, -0.05) is 34.1 Å². The van der Waals surface area contributed by atoms with Crippen molar-refractivity contribution in [3.63, 3.8) is 0 Å². The van der Waals surface area contributed by atoms with Gasteiger partial charge in [0.25, 0.3) is 0 Å². The van der Waals surface area contributed by atoms with Crippen LogP contribution in [0.25, 0.3) is 6.08 Å². The highest BCUT2D eigenvalue weighted by Crippen LogP contribution is 2.37. The summed E-state index contributed by atoms with van der Waals surface area (Å²) in [6.45, 7) is 2.81. The smallest absolute Gasteiger partial charge is 0.331 e. The molecule has 2 aromatic carbocycles. The van der Waals surface area contributed by atoms with Gasteiger partial charge in [-0.25, -0.2) is 4.79 Å². The molecule has 0 fully saturated rings. The molecule has 1 aliphatic heterocycles. The third kappa shape index (κ3) is 4.33. The number of esters is 1. The third-order valence-corrected chi connectivity index (χ3v) is 4.27. The summed E-state index contributed by atoms with van der Waals surface area (Å²) in [6.07, 6.45) is 3.07. The Labute approximate surface area is 154 Å². The van der Waals surface area contributed by atoms with Crippen molar-refractivity contribution in [3.8, 4) is 17.2 Å². The summed E-state index contributed by atoms with van der Waals surface area (Å²) in [5.41, 5.74) is 1.63. The Bertz CT molecular complexity index is 800. The van der Waals surface area contributed by atoms with Crippen LogP contribution < -0.4 is 14.2 Å². The maximum atomic E-state index is 12.0. The van der Waals surface area contributed by atoms with E-state index in [4.69, 9.17) is 18.9 Å². The summed E-state index contributed by atoms with van der Waals surface area (Å²) in [6, 6.07) is 11.1. The molecule has 1 aliphatic rings. The zero-order valence-corrected chi connectivity index (χ0v) is 15.2. The average molecular weight is 405 g/mol. The van der Waals surface area contributed by atoms with Gasteiger partial charge in [0.1, 0.15) is 12.4 Å². The number of hydrogen-bond donors (Lipinski definition) is 0. The van der Waals surface area contributed by atoms with Crippen LogP contribution in [0.2, 0.25) is 0 Å². The minimum atomic E-state index is -0.434. The van der Waals surface area contributed by atoms with Crippen molar-refractivity contribution in [1.82, 2.24) is 0 Å². The molecule has 0 aliphatic carbocycles. The molecule has 3 rings (SSSR count). The lowest BCUT2D eigenvalue weighted by Crippen LogP contribution is -2.01. The van der Waals surface area contributed by atoms with E-state index >= 15 is 0 Å². The highest BCUT2D eigenvalue weighted by molar-refractivity contribution is 9.10. The molecule has 0 saturated heterocycles. The number of fused-ring (bicyclic) bond motifs is 1. The third-order valence-electron chi connectivity index (χ3n) is 3.53. The number of halogens is 1. The quantitative estimate of drug-likeness (QED) is 0.529.